The van der Waals surface area contributed by atoms with Crippen LogP contribution in [-0.4, -0.2) is 11.0 Å². The third kappa shape index (κ3) is 4.27. The summed E-state index contributed by atoms with van der Waals surface area (Å²) in [5.41, 5.74) is 8.29. The van der Waals surface area contributed by atoms with Crippen molar-refractivity contribution in [3.05, 3.63) is 52.1 Å². The molecule has 0 saturated carbocycles. The van der Waals surface area contributed by atoms with Crippen molar-refractivity contribution in [1.82, 2.24) is 4.98 Å². The summed E-state index contributed by atoms with van der Waals surface area (Å²) in [6.07, 6.45) is 0. The average molecular weight is 349 g/mol. The van der Waals surface area contributed by atoms with E-state index in [0.29, 0.717) is 11.5 Å². The number of halogens is 1. The van der Waals surface area contributed by atoms with Gasteiger partial charge in [-0.2, -0.15) is 0 Å². The van der Waals surface area contributed by atoms with E-state index in [2.05, 4.69) is 31.5 Å². The lowest BCUT2D eigenvalue weighted by Gasteiger charge is -2.10. The molecule has 2 rings (SSSR count). The Kier molecular flexibility index (Phi) is 4.93. The normalized spacial score (nSPS) is 11.8. The number of carbonyl (C=O) groups is 1. The summed E-state index contributed by atoms with van der Waals surface area (Å²) in [4.78, 5) is 16.2. The SMILES string of the molecule is Cc1nc(NC(=O)Nc2cccc(C(C)N)c2)ccc1Br. The maximum Gasteiger partial charge on any atom is 0.324 e. The molecule has 6 heteroatoms. The maximum atomic E-state index is 12.0. The summed E-state index contributed by atoms with van der Waals surface area (Å²) in [6, 6.07) is 10.6. The van der Waals surface area contributed by atoms with Crippen LogP contribution in [0.4, 0.5) is 16.3 Å². The molecule has 0 radical (unpaired) electrons. The number of rotatable bonds is 3. The number of aromatic nitrogens is 1. The smallest absolute Gasteiger partial charge is 0.324 e. The minimum atomic E-state index is -0.342. The molecule has 0 aliphatic heterocycles. The summed E-state index contributed by atoms with van der Waals surface area (Å²) < 4.78 is 0.901. The number of nitrogens with zero attached hydrogens (tertiary/aromatic N) is 1. The number of hydrogen-bond acceptors (Lipinski definition) is 3. The predicted octanol–water partition coefficient (Wildman–Crippen LogP) is 3.82. The van der Waals surface area contributed by atoms with E-state index < -0.39 is 0 Å². The number of aryl methyl sites for hydroxylation is 1. The molecule has 1 heterocycles. The molecule has 0 aliphatic rings. The molecule has 5 nitrogen and oxygen atoms in total. The Balaban J connectivity index is 2.04. The Labute approximate surface area is 132 Å². The minimum Gasteiger partial charge on any atom is -0.324 e. The van der Waals surface area contributed by atoms with Crippen LogP contribution in [0.5, 0.6) is 0 Å². The summed E-state index contributed by atoms with van der Waals surface area (Å²) >= 11 is 3.37. The second-order valence-corrected chi connectivity index (χ2v) is 5.61. The van der Waals surface area contributed by atoms with Gasteiger partial charge in [-0.05, 0) is 59.6 Å². The summed E-state index contributed by atoms with van der Waals surface area (Å²) in [5, 5.41) is 5.46. The summed E-state index contributed by atoms with van der Waals surface area (Å²) in [6.45, 7) is 3.76. The van der Waals surface area contributed by atoms with Crippen LogP contribution in [0.1, 0.15) is 24.2 Å². The van der Waals surface area contributed by atoms with Crippen molar-refractivity contribution in [3.8, 4) is 0 Å². The lowest BCUT2D eigenvalue weighted by atomic mass is 10.1. The number of nitrogens with one attached hydrogen (secondary N) is 2. The van der Waals surface area contributed by atoms with Gasteiger partial charge in [-0.15, -0.1) is 0 Å². The Hall–Kier alpha value is -1.92. The zero-order chi connectivity index (χ0) is 15.4. The Bertz CT molecular complexity index is 658. The van der Waals surface area contributed by atoms with Gasteiger partial charge in [0.2, 0.25) is 0 Å². The van der Waals surface area contributed by atoms with E-state index in [1.165, 1.54) is 0 Å². The quantitative estimate of drug-likeness (QED) is 0.788. The molecule has 21 heavy (non-hydrogen) atoms. The molecule has 1 aromatic carbocycles. The minimum absolute atomic E-state index is 0.0781. The molecule has 0 fully saturated rings. The molecule has 2 amide bonds. The van der Waals surface area contributed by atoms with Crippen LogP contribution in [0.15, 0.2) is 40.9 Å². The van der Waals surface area contributed by atoms with Crippen molar-refractivity contribution in [1.29, 1.82) is 0 Å². The fourth-order valence-electron chi connectivity index (χ4n) is 1.79. The van der Waals surface area contributed by atoms with Gasteiger partial charge in [0.25, 0.3) is 0 Å². The van der Waals surface area contributed by atoms with E-state index in [4.69, 9.17) is 5.73 Å². The van der Waals surface area contributed by atoms with Crippen LogP contribution in [0.25, 0.3) is 0 Å². The molecule has 0 spiro atoms. The number of anilines is 2. The van der Waals surface area contributed by atoms with Crippen molar-refractivity contribution < 1.29 is 4.79 Å². The second-order valence-electron chi connectivity index (χ2n) is 4.76. The van der Waals surface area contributed by atoms with Gasteiger partial charge in [0.15, 0.2) is 0 Å². The van der Waals surface area contributed by atoms with Crippen LogP contribution in [-0.2, 0) is 0 Å². The van der Waals surface area contributed by atoms with Gasteiger partial charge in [0.1, 0.15) is 5.82 Å². The molecule has 110 valence electrons. The molecule has 0 bridgehead atoms. The monoisotopic (exact) mass is 348 g/mol. The Morgan fingerprint density at radius 3 is 2.71 bits per heavy atom. The molecular formula is C15H17BrN4O. The van der Waals surface area contributed by atoms with E-state index >= 15 is 0 Å². The van der Waals surface area contributed by atoms with Crippen molar-refractivity contribution >= 4 is 33.5 Å². The van der Waals surface area contributed by atoms with Crippen LogP contribution in [0, 0.1) is 6.92 Å². The first-order valence-corrected chi connectivity index (χ1v) is 7.31. The van der Waals surface area contributed by atoms with Crippen LogP contribution in [0.3, 0.4) is 0 Å². The second kappa shape index (κ2) is 6.69. The lowest BCUT2D eigenvalue weighted by Crippen LogP contribution is -2.20. The van der Waals surface area contributed by atoms with Gasteiger partial charge >= 0.3 is 6.03 Å². The van der Waals surface area contributed by atoms with Crippen molar-refractivity contribution in [3.63, 3.8) is 0 Å². The predicted molar refractivity (Wildman–Crippen MR) is 88.4 cm³/mol. The fourth-order valence-corrected chi connectivity index (χ4v) is 2.01. The molecular weight excluding hydrogens is 332 g/mol. The van der Waals surface area contributed by atoms with E-state index in [-0.39, 0.29) is 12.1 Å². The molecule has 0 aliphatic carbocycles. The molecule has 2 aromatic rings. The molecule has 1 unspecified atom stereocenters. The fraction of sp³-hybridized carbons (Fsp3) is 0.200. The number of pyridine rings is 1. The highest BCUT2D eigenvalue weighted by Crippen LogP contribution is 2.18. The number of amides is 2. The van der Waals surface area contributed by atoms with Gasteiger partial charge in [0.05, 0.1) is 5.69 Å². The van der Waals surface area contributed by atoms with E-state index in [0.717, 1.165) is 15.7 Å². The van der Waals surface area contributed by atoms with Crippen LogP contribution in [0.2, 0.25) is 0 Å². The van der Waals surface area contributed by atoms with Gasteiger partial charge < -0.3 is 11.1 Å². The van der Waals surface area contributed by atoms with E-state index in [9.17, 15) is 4.79 Å². The third-order valence-electron chi connectivity index (χ3n) is 2.93. The highest BCUT2D eigenvalue weighted by molar-refractivity contribution is 9.10. The third-order valence-corrected chi connectivity index (χ3v) is 3.77. The van der Waals surface area contributed by atoms with Crippen LogP contribution >= 0.6 is 15.9 Å². The number of benzene rings is 1. The van der Waals surface area contributed by atoms with Crippen molar-refractivity contribution in [2.45, 2.75) is 19.9 Å². The lowest BCUT2D eigenvalue weighted by molar-refractivity contribution is 0.262. The number of hydrogen-bond donors (Lipinski definition) is 3. The highest BCUT2D eigenvalue weighted by atomic mass is 79.9. The van der Waals surface area contributed by atoms with E-state index in [1.54, 1.807) is 6.07 Å². The summed E-state index contributed by atoms with van der Waals surface area (Å²) in [7, 11) is 0. The summed E-state index contributed by atoms with van der Waals surface area (Å²) in [5.74, 6) is 0.497. The zero-order valence-electron chi connectivity index (χ0n) is 11.9. The van der Waals surface area contributed by atoms with Gasteiger partial charge in [-0.3, -0.25) is 5.32 Å². The largest absolute Gasteiger partial charge is 0.324 e. The molecule has 0 saturated heterocycles. The van der Waals surface area contributed by atoms with Crippen molar-refractivity contribution in [2.24, 2.45) is 5.73 Å². The Morgan fingerprint density at radius 1 is 1.29 bits per heavy atom. The molecule has 4 N–H and O–H groups in total. The molecule has 1 atom stereocenters. The maximum absolute atomic E-state index is 12.0. The van der Waals surface area contributed by atoms with Crippen molar-refractivity contribution in [2.75, 3.05) is 10.6 Å². The first-order valence-electron chi connectivity index (χ1n) is 6.52. The first-order chi connectivity index (χ1) is 9.95. The topological polar surface area (TPSA) is 80.0 Å². The zero-order valence-corrected chi connectivity index (χ0v) is 13.4. The van der Waals surface area contributed by atoms with Gasteiger partial charge in [-0.25, -0.2) is 9.78 Å². The number of nitrogens with two attached hydrogens (primary N) is 1. The average Bonchev–Trinajstić information content (AvgIpc) is 2.43. The highest BCUT2D eigenvalue weighted by Gasteiger charge is 2.06. The van der Waals surface area contributed by atoms with Gasteiger partial charge in [-0.1, -0.05) is 12.1 Å². The van der Waals surface area contributed by atoms with Gasteiger partial charge in [0, 0.05) is 16.2 Å². The number of carbonyl (C=O) groups excluding carboxylic acids is 1. The standard InChI is InChI=1S/C15H17BrN4O/c1-9(17)11-4-3-5-12(8-11)19-15(21)20-14-7-6-13(16)10(2)18-14/h3-9H,17H2,1-2H3,(H2,18,19,20,21). The van der Waals surface area contributed by atoms with E-state index in [1.807, 2.05) is 44.2 Å². The number of urea groups is 1. The van der Waals surface area contributed by atoms with Crippen LogP contribution < -0.4 is 16.4 Å². The first kappa shape index (κ1) is 15.5. The Morgan fingerprint density at radius 2 is 2.05 bits per heavy atom. The molecule has 1 aromatic heterocycles.